The number of rotatable bonds is 5. The first-order valence-electron chi connectivity index (χ1n) is 8.85. The SMILES string of the molecule is COc1ccc(N2C(=O)CCC2(C)C(=O)NC2CCCC2)c(OC)c1. The van der Waals surface area contributed by atoms with E-state index in [4.69, 9.17) is 9.47 Å². The van der Waals surface area contributed by atoms with Gasteiger partial charge in [0.25, 0.3) is 0 Å². The smallest absolute Gasteiger partial charge is 0.246 e. The highest BCUT2D eigenvalue weighted by atomic mass is 16.5. The molecule has 1 heterocycles. The zero-order valence-corrected chi connectivity index (χ0v) is 15.1. The highest BCUT2D eigenvalue weighted by Gasteiger charge is 2.49. The summed E-state index contributed by atoms with van der Waals surface area (Å²) in [7, 11) is 3.13. The van der Waals surface area contributed by atoms with Crippen molar-refractivity contribution in [3.8, 4) is 11.5 Å². The number of methoxy groups -OCH3 is 2. The van der Waals surface area contributed by atoms with Crippen molar-refractivity contribution in [3.05, 3.63) is 18.2 Å². The molecule has 136 valence electrons. The Balaban J connectivity index is 1.92. The molecule has 1 saturated heterocycles. The van der Waals surface area contributed by atoms with Gasteiger partial charge in [0.05, 0.1) is 19.9 Å². The molecule has 0 bridgehead atoms. The first-order valence-corrected chi connectivity index (χ1v) is 8.85. The Labute approximate surface area is 148 Å². The minimum absolute atomic E-state index is 0.0625. The molecule has 2 fully saturated rings. The number of nitrogens with zero attached hydrogens (tertiary/aromatic N) is 1. The van der Waals surface area contributed by atoms with Gasteiger partial charge in [-0.15, -0.1) is 0 Å². The summed E-state index contributed by atoms with van der Waals surface area (Å²) in [4.78, 5) is 27.2. The van der Waals surface area contributed by atoms with Gasteiger partial charge in [0.2, 0.25) is 11.8 Å². The fourth-order valence-electron chi connectivity index (χ4n) is 3.85. The topological polar surface area (TPSA) is 67.9 Å². The van der Waals surface area contributed by atoms with E-state index in [9.17, 15) is 9.59 Å². The Bertz CT molecular complexity index is 669. The summed E-state index contributed by atoms with van der Waals surface area (Å²) in [6.07, 6.45) is 5.18. The fraction of sp³-hybridized carbons (Fsp3) is 0.579. The molecular formula is C19H26N2O4. The summed E-state index contributed by atoms with van der Waals surface area (Å²) in [5, 5.41) is 3.14. The molecule has 0 aromatic heterocycles. The number of benzene rings is 1. The van der Waals surface area contributed by atoms with Crippen LogP contribution in [0.1, 0.15) is 45.4 Å². The highest BCUT2D eigenvalue weighted by Crippen LogP contribution is 2.41. The molecular weight excluding hydrogens is 320 g/mol. The lowest BCUT2D eigenvalue weighted by atomic mass is 9.96. The molecule has 25 heavy (non-hydrogen) atoms. The highest BCUT2D eigenvalue weighted by molar-refractivity contribution is 6.07. The summed E-state index contributed by atoms with van der Waals surface area (Å²) in [6.45, 7) is 1.84. The molecule has 1 atom stereocenters. The third-order valence-corrected chi connectivity index (χ3v) is 5.38. The predicted molar refractivity (Wildman–Crippen MR) is 95.1 cm³/mol. The van der Waals surface area contributed by atoms with E-state index in [0.29, 0.717) is 30.0 Å². The van der Waals surface area contributed by atoms with Crippen LogP contribution < -0.4 is 19.7 Å². The van der Waals surface area contributed by atoms with Gasteiger partial charge in [-0.2, -0.15) is 0 Å². The Morgan fingerprint density at radius 3 is 2.60 bits per heavy atom. The molecule has 0 radical (unpaired) electrons. The maximum absolute atomic E-state index is 13.0. The van der Waals surface area contributed by atoms with Crippen LogP contribution in [0.4, 0.5) is 5.69 Å². The monoisotopic (exact) mass is 346 g/mol. The maximum Gasteiger partial charge on any atom is 0.246 e. The van der Waals surface area contributed by atoms with Gasteiger partial charge < -0.3 is 14.8 Å². The van der Waals surface area contributed by atoms with Gasteiger partial charge in [-0.05, 0) is 38.3 Å². The first-order chi connectivity index (χ1) is 12.0. The molecule has 1 saturated carbocycles. The molecule has 6 nitrogen and oxygen atoms in total. The molecule has 1 aromatic rings. The van der Waals surface area contributed by atoms with Crippen molar-refractivity contribution in [1.82, 2.24) is 5.32 Å². The number of nitrogens with one attached hydrogen (secondary N) is 1. The Morgan fingerprint density at radius 1 is 1.24 bits per heavy atom. The van der Waals surface area contributed by atoms with Crippen molar-refractivity contribution in [2.45, 2.75) is 57.0 Å². The maximum atomic E-state index is 13.0. The van der Waals surface area contributed by atoms with Gasteiger partial charge in [-0.1, -0.05) is 12.8 Å². The second-order valence-electron chi connectivity index (χ2n) is 7.00. The van der Waals surface area contributed by atoms with Crippen LogP contribution in [0.5, 0.6) is 11.5 Å². The van der Waals surface area contributed by atoms with E-state index >= 15 is 0 Å². The number of carbonyl (C=O) groups excluding carboxylic acids is 2. The van der Waals surface area contributed by atoms with E-state index in [1.54, 1.807) is 37.3 Å². The van der Waals surface area contributed by atoms with E-state index in [1.165, 1.54) is 0 Å². The second-order valence-corrected chi connectivity index (χ2v) is 7.00. The quantitative estimate of drug-likeness (QED) is 0.890. The lowest BCUT2D eigenvalue weighted by molar-refractivity contribution is -0.127. The molecule has 2 amide bonds. The van der Waals surface area contributed by atoms with Gasteiger partial charge in [0.1, 0.15) is 17.0 Å². The average Bonchev–Trinajstić information content (AvgIpc) is 3.23. The predicted octanol–water partition coefficient (Wildman–Crippen LogP) is 2.65. The first kappa shape index (κ1) is 17.6. The van der Waals surface area contributed by atoms with Crippen LogP contribution in [0.3, 0.4) is 0 Å². The van der Waals surface area contributed by atoms with Crippen molar-refractivity contribution in [1.29, 1.82) is 0 Å². The summed E-state index contributed by atoms with van der Waals surface area (Å²) < 4.78 is 10.7. The molecule has 1 aliphatic carbocycles. The van der Waals surface area contributed by atoms with Gasteiger partial charge in [-0.3, -0.25) is 14.5 Å². The Kier molecular flexibility index (Phi) is 4.88. The standard InChI is InChI=1S/C19H26N2O4/c1-19(18(23)20-13-6-4-5-7-13)11-10-17(22)21(19)15-9-8-14(24-2)12-16(15)25-3/h8-9,12-13H,4-7,10-11H2,1-3H3,(H,20,23). The normalized spacial score (nSPS) is 23.8. The van der Waals surface area contributed by atoms with E-state index in [-0.39, 0.29) is 17.9 Å². The van der Waals surface area contributed by atoms with Gasteiger partial charge in [0.15, 0.2) is 0 Å². The molecule has 3 rings (SSSR count). The van der Waals surface area contributed by atoms with E-state index in [2.05, 4.69) is 5.32 Å². The Morgan fingerprint density at radius 2 is 1.96 bits per heavy atom. The van der Waals surface area contributed by atoms with E-state index < -0.39 is 5.54 Å². The van der Waals surface area contributed by atoms with Crippen LogP contribution in [0, 0.1) is 0 Å². The van der Waals surface area contributed by atoms with Crippen LogP contribution in [0.2, 0.25) is 0 Å². The van der Waals surface area contributed by atoms with Crippen LogP contribution in [-0.2, 0) is 9.59 Å². The van der Waals surface area contributed by atoms with Gasteiger partial charge in [-0.25, -0.2) is 0 Å². The van der Waals surface area contributed by atoms with Crippen LogP contribution in [-0.4, -0.2) is 37.6 Å². The van der Waals surface area contributed by atoms with Crippen LogP contribution >= 0.6 is 0 Å². The van der Waals surface area contributed by atoms with Crippen LogP contribution in [0.15, 0.2) is 18.2 Å². The number of hydrogen-bond donors (Lipinski definition) is 1. The number of amides is 2. The van der Waals surface area contributed by atoms with Crippen molar-refractivity contribution in [3.63, 3.8) is 0 Å². The van der Waals surface area contributed by atoms with E-state index in [1.807, 2.05) is 6.92 Å². The summed E-state index contributed by atoms with van der Waals surface area (Å²) in [5.74, 6) is 1.02. The zero-order valence-electron chi connectivity index (χ0n) is 15.1. The minimum Gasteiger partial charge on any atom is -0.497 e. The fourth-order valence-corrected chi connectivity index (χ4v) is 3.85. The number of ether oxygens (including phenoxy) is 2. The molecule has 6 heteroatoms. The third kappa shape index (κ3) is 3.17. The molecule has 1 aliphatic heterocycles. The van der Waals surface area contributed by atoms with Crippen molar-refractivity contribution < 1.29 is 19.1 Å². The lowest BCUT2D eigenvalue weighted by Gasteiger charge is -2.35. The van der Waals surface area contributed by atoms with Crippen LogP contribution in [0.25, 0.3) is 0 Å². The largest absolute Gasteiger partial charge is 0.497 e. The number of hydrogen-bond acceptors (Lipinski definition) is 4. The summed E-state index contributed by atoms with van der Waals surface area (Å²) in [5.41, 5.74) is -0.295. The Hall–Kier alpha value is -2.24. The van der Waals surface area contributed by atoms with Crippen molar-refractivity contribution in [2.75, 3.05) is 19.1 Å². The average molecular weight is 346 g/mol. The molecule has 1 N–H and O–H groups in total. The van der Waals surface area contributed by atoms with Gasteiger partial charge in [0, 0.05) is 18.5 Å². The second kappa shape index (κ2) is 6.94. The summed E-state index contributed by atoms with van der Waals surface area (Å²) in [6, 6.07) is 5.51. The van der Waals surface area contributed by atoms with Gasteiger partial charge >= 0.3 is 0 Å². The minimum atomic E-state index is -0.901. The van der Waals surface area contributed by atoms with E-state index in [0.717, 1.165) is 25.7 Å². The third-order valence-electron chi connectivity index (χ3n) is 5.38. The molecule has 2 aliphatic rings. The summed E-state index contributed by atoms with van der Waals surface area (Å²) >= 11 is 0. The molecule has 1 aromatic carbocycles. The number of carbonyl (C=O) groups is 2. The molecule has 0 spiro atoms. The zero-order chi connectivity index (χ0) is 18.0. The number of anilines is 1. The van der Waals surface area contributed by atoms with Crippen molar-refractivity contribution in [2.24, 2.45) is 0 Å². The molecule has 1 unspecified atom stereocenters. The van der Waals surface area contributed by atoms with Crippen molar-refractivity contribution >= 4 is 17.5 Å². The lowest BCUT2D eigenvalue weighted by Crippen LogP contribution is -2.56.